The van der Waals surface area contributed by atoms with Gasteiger partial charge in [0.1, 0.15) is 36.8 Å². The van der Waals surface area contributed by atoms with Crippen molar-refractivity contribution in [3.05, 3.63) is 48.6 Å². The molecular weight excluding hydrogens is 801 g/mol. The Kier molecular flexibility index (Phi) is 35.4. The summed E-state index contributed by atoms with van der Waals surface area (Å²) in [6, 6.07) is 0. The Hall–Kier alpha value is -2.39. The monoisotopic (exact) mass is 885 g/mol. The van der Waals surface area contributed by atoms with Gasteiger partial charge in [-0.1, -0.05) is 165 Å². The van der Waals surface area contributed by atoms with Gasteiger partial charge in [0.2, 0.25) is 0 Å². The van der Waals surface area contributed by atoms with Crippen molar-refractivity contribution in [2.75, 3.05) is 19.0 Å². The summed E-state index contributed by atoms with van der Waals surface area (Å²) < 4.78 is 54.1. The highest BCUT2D eigenvalue weighted by molar-refractivity contribution is 7.85. The fourth-order valence-corrected chi connectivity index (χ4v) is 7.64. The van der Waals surface area contributed by atoms with E-state index in [1.807, 2.05) is 0 Å². The number of hydrogen-bond acceptors (Lipinski definition) is 11. The van der Waals surface area contributed by atoms with Crippen LogP contribution in [-0.4, -0.2) is 96.0 Å². The summed E-state index contributed by atoms with van der Waals surface area (Å²) >= 11 is 0. The summed E-state index contributed by atoms with van der Waals surface area (Å²) in [6.45, 7) is 3.71. The molecule has 0 saturated carbocycles. The van der Waals surface area contributed by atoms with Gasteiger partial charge < -0.3 is 34.3 Å². The maximum absolute atomic E-state index is 12.8. The Morgan fingerprint density at radius 1 is 0.557 bits per heavy atom. The van der Waals surface area contributed by atoms with Gasteiger partial charge in [0.25, 0.3) is 10.1 Å². The molecule has 1 fully saturated rings. The minimum atomic E-state index is -4.61. The summed E-state index contributed by atoms with van der Waals surface area (Å²) in [5.74, 6) is -2.02. The van der Waals surface area contributed by atoms with E-state index in [1.54, 1.807) is 0 Å². The Labute approximate surface area is 369 Å². The van der Waals surface area contributed by atoms with Gasteiger partial charge in [0.15, 0.2) is 12.4 Å². The molecule has 4 N–H and O–H groups in total. The molecule has 0 aliphatic carbocycles. The molecule has 6 atom stereocenters. The van der Waals surface area contributed by atoms with Crippen molar-refractivity contribution >= 4 is 22.1 Å². The van der Waals surface area contributed by atoms with E-state index in [-0.39, 0.29) is 19.4 Å². The summed E-state index contributed by atoms with van der Waals surface area (Å²) in [5.41, 5.74) is 0. The fraction of sp³-hybridized carbons (Fsp3) is 0.792. The third-order valence-electron chi connectivity index (χ3n) is 10.7. The van der Waals surface area contributed by atoms with E-state index < -0.39 is 71.2 Å². The van der Waals surface area contributed by atoms with Gasteiger partial charge in [-0.25, -0.2) is 0 Å². The van der Waals surface area contributed by atoms with Crippen LogP contribution in [0.5, 0.6) is 0 Å². The molecule has 13 heteroatoms. The zero-order chi connectivity index (χ0) is 44.8. The van der Waals surface area contributed by atoms with Crippen LogP contribution in [0.25, 0.3) is 0 Å². The number of hydrogen-bond donors (Lipinski definition) is 4. The maximum atomic E-state index is 12.8. The maximum Gasteiger partial charge on any atom is 0.306 e. The lowest BCUT2D eigenvalue weighted by Crippen LogP contribution is -2.60. The van der Waals surface area contributed by atoms with Crippen molar-refractivity contribution in [3.8, 4) is 0 Å². The quantitative estimate of drug-likeness (QED) is 0.0198. The van der Waals surface area contributed by atoms with Crippen LogP contribution in [0.3, 0.4) is 0 Å². The molecule has 0 aromatic heterocycles. The third kappa shape index (κ3) is 32.9. The topological polar surface area (TPSA) is 186 Å². The van der Waals surface area contributed by atoms with Crippen molar-refractivity contribution in [2.45, 2.75) is 224 Å². The first-order valence-corrected chi connectivity index (χ1v) is 25.3. The van der Waals surface area contributed by atoms with Gasteiger partial charge in [-0.15, -0.1) is 0 Å². The van der Waals surface area contributed by atoms with Gasteiger partial charge >= 0.3 is 11.9 Å². The number of aliphatic hydroxyl groups excluding tert-OH is 3. The lowest BCUT2D eigenvalue weighted by Gasteiger charge is -2.40. The summed E-state index contributed by atoms with van der Waals surface area (Å²) in [7, 11) is -4.61. The molecule has 2 unspecified atom stereocenters. The number of ether oxygens (including phenoxy) is 4. The molecule has 1 aliphatic heterocycles. The predicted octanol–water partition coefficient (Wildman–Crippen LogP) is 9.95. The van der Waals surface area contributed by atoms with Crippen LogP contribution in [0.4, 0.5) is 0 Å². The molecule has 1 saturated heterocycles. The van der Waals surface area contributed by atoms with E-state index in [4.69, 9.17) is 18.9 Å². The minimum absolute atomic E-state index is 0.127. The van der Waals surface area contributed by atoms with Crippen molar-refractivity contribution in [1.29, 1.82) is 0 Å². The first-order chi connectivity index (χ1) is 29.5. The van der Waals surface area contributed by atoms with Crippen molar-refractivity contribution in [1.82, 2.24) is 0 Å². The second kappa shape index (κ2) is 38.1. The molecule has 1 heterocycles. The van der Waals surface area contributed by atoms with Gasteiger partial charge in [0.05, 0.1) is 6.61 Å². The van der Waals surface area contributed by atoms with Crippen LogP contribution in [-0.2, 0) is 38.7 Å². The predicted molar refractivity (Wildman–Crippen MR) is 242 cm³/mol. The number of allylic oxidation sites excluding steroid dienone is 8. The van der Waals surface area contributed by atoms with Crippen LogP contribution in [0.2, 0.25) is 0 Å². The van der Waals surface area contributed by atoms with Crippen molar-refractivity contribution in [3.63, 3.8) is 0 Å². The second-order valence-electron chi connectivity index (χ2n) is 16.4. The Bertz CT molecular complexity index is 1310. The highest BCUT2D eigenvalue weighted by atomic mass is 32.2. The number of unbranched alkanes of at least 4 members (excludes halogenated alkanes) is 19. The van der Waals surface area contributed by atoms with Crippen molar-refractivity contribution in [2.24, 2.45) is 0 Å². The highest BCUT2D eigenvalue weighted by Crippen LogP contribution is 2.24. The Morgan fingerprint density at radius 2 is 0.984 bits per heavy atom. The number of esters is 2. The van der Waals surface area contributed by atoms with Crippen LogP contribution in [0, 0.1) is 0 Å². The molecule has 61 heavy (non-hydrogen) atoms. The lowest BCUT2D eigenvalue weighted by molar-refractivity contribution is -0.297. The van der Waals surface area contributed by atoms with Crippen LogP contribution >= 0.6 is 0 Å². The molecule has 0 aromatic carbocycles. The molecule has 0 radical (unpaired) electrons. The summed E-state index contributed by atoms with van der Waals surface area (Å²) in [6.07, 6.45) is 35.8. The van der Waals surface area contributed by atoms with Crippen LogP contribution in [0.15, 0.2) is 48.6 Å². The first-order valence-electron chi connectivity index (χ1n) is 23.7. The Balaban J connectivity index is 2.46. The minimum Gasteiger partial charge on any atom is -0.462 e. The first kappa shape index (κ1) is 56.6. The van der Waals surface area contributed by atoms with Gasteiger partial charge in [-0.05, 0) is 57.8 Å². The molecule has 1 rings (SSSR count). The number of aliphatic hydroxyl groups is 3. The largest absolute Gasteiger partial charge is 0.462 e. The zero-order valence-electron chi connectivity index (χ0n) is 37.8. The molecule has 12 nitrogen and oxygen atoms in total. The summed E-state index contributed by atoms with van der Waals surface area (Å²) in [4.78, 5) is 25.4. The third-order valence-corrected chi connectivity index (χ3v) is 11.4. The normalized spacial score (nSPS) is 20.4. The Morgan fingerprint density at radius 3 is 1.49 bits per heavy atom. The van der Waals surface area contributed by atoms with E-state index in [1.165, 1.54) is 83.5 Å². The van der Waals surface area contributed by atoms with E-state index >= 15 is 0 Å². The second-order valence-corrected chi connectivity index (χ2v) is 17.9. The zero-order valence-corrected chi connectivity index (χ0v) is 38.6. The highest BCUT2D eigenvalue weighted by Gasteiger charge is 2.46. The average molecular weight is 885 g/mol. The van der Waals surface area contributed by atoms with Gasteiger partial charge in [0, 0.05) is 12.8 Å². The van der Waals surface area contributed by atoms with E-state index in [0.717, 1.165) is 64.2 Å². The number of carbonyl (C=O) groups excluding carboxylic acids is 2. The van der Waals surface area contributed by atoms with Crippen molar-refractivity contribution < 1.29 is 56.8 Å². The number of carbonyl (C=O) groups is 2. The van der Waals surface area contributed by atoms with Crippen LogP contribution in [0.1, 0.15) is 187 Å². The number of rotatable bonds is 39. The standard InChI is InChI=1S/C48H84O12S/c1-3-5-7-9-11-13-15-17-19-20-21-22-23-25-27-29-31-33-35-37-44(50)59-41(39-58-48-47(53)46(52)45(51)42(60-48)40-61(54,55)56)38-57-43(49)36-34-32-30-28-26-24-18-16-14-12-10-8-6-4-2/h11,13,17,19,21-22,25,27,41-42,45-48,51-53H,3-10,12,14-16,18,20,23-24,26,28-40H2,1-2H3,(H,54,55,56)/b13-11+,19-17+,22-21+,27-25+/t41-,42-,45-,46?,47?,48+/m1/s1. The molecule has 0 bridgehead atoms. The summed E-state index contributed by atoms with van der Waals surface area (Å²) in [5, 5.41) is 30.9. The molecule has 0 aromatic rings. The van der Waals surface area contributed by atoms with Crippen LogP contribution < -0.4 is 0 Å². The average Bonchev–Trinajstić information content (AvgIpc) is 3.22. The van der Waals surface area contributed by atoms with Gasteiger partial charge in [-0.2, -0.15) is 8.42 Å². The van der Waals surface area contributed by atoms with E-state index in [0.29, 0.717) is 12.8 Å². The van der Waals surface area contributed by atoms with E-state index in [2.05, 4.69) is 62.5 Å². The SMILES string of the molecule is CCCCC/C=C/C/C=C/C/C=C/C/C=C/CCCCCC(=O)O[C@H](COC(=O)CCCCCCCCCCCCCCCC)CO[C@H]1O[C@H](CS(=O)(=O)O)[C@@H](O)C(O)C1O. The molecule has 354 valence electrons. The molecule has 1 aliphatic rings. The molecule has 0 amide bonds. The lowest BCUT2D eigenvalue weighted by atomic mass is 10.00. The molecule has 0 spiro atoms. The smallest absolute Gasteiger partial charge is 0.306 e. The molecular formula is C48H84O12S. The van der Waals surface area contributed by atoms with Gasteiger partial charge in [-0.3, -0.25) is 14.1 Å². The van der Waals surface area contributed by atoms with E-state index in [9.17, 15) is 37.9 Å². The fourth-order valence-electron chi connectivity index (χ4n) is 6.95.